The summed E-state index contributed by atoms with van der Waals surface area (Å²) < 4.78 is 3.95. The summed E-state index contributed by atoms with van der Waals surface area (Å²) in [6.07, 6.45) is 4.41. The number of nitrogens with zero attached hydrogens (tertiary/aromatic N) is 2. The van der Waals surface area contributed by atoms with Gasteiger partial charge in [-0.05, 0) is 50.8 Å². The second-order valence-corrected chi connectivity index (χ2v) is 9.87. The topological polar surface area (TPSA) is 84.7 Å². The summed E-state index contributed by atoms with van der Waals surface area (Å²) in [6, 6.07) is 6.06. The van der Waals surface area contributed by atoms with Crippen LogP contribution in [0.15, 0.2) is 24.3 Å². The Morgan fingerprint density at radius 1 is 1.24 bits per heavy atom. The Hall–Kier alpha value is -1.12. The fraction of sp³-hybridized carbons (Fsp3) is 0.632. The van der Waals surface area contributed by atoms with Crippen LogP contribution in [0.3, 0.4) is 0 Å². The van der Waals surface area contributed by atoms with E-state index in [9.17, 15) is 14.9 Å². The van der Waals surface area contributed by atoms with Crippen molar-refractivity contribution in [3.05, 3.63) is 39.9 Å². The van der Waals surface area contributed by atoms with Crippen molar-refractivity contribution in [3.8, 4) is 0 Å². The molecule has 2 heterocycles. The maximum absolute atomic E-state index is 12.6. The summed E-state index contributed by atoms with van der Waals surface area (Å²) in [5, 5.41) is 13.7. The van der Waals surface area contributed by atoms with Gasteiger partial charge >= 0.3 is 0 Å². The van der Waals surface area contributed by atoms with Crippen LogP contribution in [0.5, 0.6) is 0 Å². The van der Waals surface area contributed by atoms with Crippen LogP contribution in [-0.2, 0) is 4.74 Å². The number of ether oxygens (including phenoxy) is 1. The first-order chi connectivity index (χ1) is 13.8. The van der Waals surface area contributed by atoms with Crippen molar-refractivity contribution in [2.45, 2.75) is 48.2 Å². The zero-order valence-corrected chi connectivity index (χ0v) is 18.1. The zero-order valence-electron chi connectivity index (χ0n) is 15.9. The van der Waals surface area contributed by atoms with Crippen LogP contribution < -0.4 is 5.32 Å². The van der Waals surface area contributed by atoms with Gasteiger partial charge in [0, 0.05) is 12.1 Å². The molecule has 2 saturated heterocycles. The largest absolute Gasteiger partial charge is 0.354 e. The number of nitro groups is 1. The van der Waals surface area contributed by atoms with Crippen LogP contribution in [-0.4, -0.2) is 51.5 Å². The van der Waals surface area contributed by atoms with Gasteiger partial charge in [0.2, 0.25) is 3.79 Å². The molecule has 1 N–H and O–H groups in total. The van der Waals surface area contributed by atoms with Gasteiger partial charge in [-0.1, -0.05) is 53.4 Å². The van der Waals surface area contributed by atoms with E-state index < -0.39 is 20.9 Å². The maximum Gasteiger partial charge on any atom is 0.282 e. The van der Waals surface area contributed by atoms with E-state index in [-0.39, 0.29) is 11.3 Å². The number of rotatable bonds is 6. The van der Waals surface area contributed by atoms with Crippen LogP contribution in [0.2, 0.25) is 0 Å². The quantitative estimate of drug-likeness (QED) is 0.294. The number of para-hydroxylation sites is 1. The third-order valence-electron chi connectivity index (χ3n) is 5.61. The van der Waals surface area contributed by atoms with Gasteiger partial charge in [-0.2, -0.15) is 0 Å². The van der Waals surface area contributed by atoms with E-state index in [0.29, 0.717) is 18.6 Å². The first kappa shape index (κ1) is 22.6. The van der Waals surface area contributed by atoms with E-state index in [0.717, 1.165) is 32.4 Å². The van der Waals surface area contributed by atoms with Gasteiger partial charge in [0.05, 0.1) is 11.5 Å². The minimum atomic E-state index is -1.92. The lowest BCUT2D eigenvalue weighted by molar-refractivity contribution is -0.385. The Morgan fingerprint density at radius 2 is 1.97 bits per heavy atom. The standard InChI is InChI=1S/C19H24Cl3N3O4/c20-19(21,22)18(23-17(26)14-7-1-2-9-16(14)25(27)28)29-12-13-6-5-11-24-10-4-3-8-15(13)24/h1-2,7,9,13,15,18H,3-6,8,10-12H2,(H,23,26)/t13?,15-,18?/m1/s1. The summed E-state index contributed by atoms with van der Waals surface area (Å²) in [6.45, 7) is 2.55. The monoisotopic (exact) mass is 463 g/mol. The molecule has 0 spiro atoms. The second kappa shape index (κ2) is 9.79. The van der Waals surface area contributed by atoms with Gasteiger partial charge in [0.15, 0.2) is 6.23 Å². The van der Waals surface area contributed by atoms with E-state index in [2.05, 4.69) is 10.2 Å². The number of fused-ring (bicyclic) bond motifs is 1. The Bertz CT molecular complexity index is 742. The minimum Gasteiger partial charge on any atom is -0.354 e. The van der Waals surface area contributed by atoms with Crippen molar-refractivity contribution < 1.29 is 14.5 Å². The molecule has 1 aromatic rings. The third-order valence-corrected chi connectivity index (χ3v) is 6.21. The van der Waals surface area contributed by atoms with Crippen molar-refractivity contribution in [1.82, 2.24) is 10.2 Å². The molecule has 160 valence electrons. The van der Waals surface area contributed by atoms with E-state index in [1.54, 1.807) is 0 Å². The van der Waals surface area contributed by atoms with Crippen molar-refractivity contribution in [2.24, 2.45) is 5.92 Å². The molecular formula is C19H24Cl3N3O4. The van der Waals surface area contributed by atoms with Gasteiger partial charge in [0.25, 0.3) is 11.6 Å². The average Bonchev–Trinajstić information content (AvgIpc) is 2.70. The number of nitrogens with one attached hydrogen (secondary N) is 1. The normalized spacial score (nSPS) is 23.8. The molecule has 3 atom stereocenters. The highest BCUT2D eigenvalue weighted by atomic mass is 35.6. The SMILES string of the molecule is O=C(NC(OCC1CCCN2CCCC[C@H]12)C(Cl)(Cl)Cl)c1ccccc1[N+](=O)[O-]. The molecule has 3 rings (SSSR count). The fourth-order valence-electron chi connectivity index (χ4n) is 4.23. The summed E-state index contributed by atoms with van der Waals surface area (Å²) in [7, 11) is 0. The molecule has 2 aliphatic rings. The molecule has 29 heavy (non-hydrogen) atoms. The number of nitro benzene ring substituents is 1. The zero-order chi connectivity index (χ0) is 21.0. The number of carbonyl (C=O) groups is 1. The minimum absolute atomic E-state index is 0.114. The van der Waals surface area contributed by atoms with Gasteiger partial charge in [-0.25, -0.2) is 0 Å². The number of halogens is 3. The maximum atomic E-state index is 12.6. The third kappa shape index (κ3) is 5.73. The Kier molecular flexibility index (Phi) is 7.62. The van der Waals surface area contributed by atoms with E-state index in [4.69, 9.17) is 39.5 Å². The lowest BCUT2D eigenvalue weighted by Gasteiger charge is -2.44. The number of alkyl halides is 3. The molecule has 0 radical (unpaired) electrons. The molecule has 0 saturated carbocycles. The lowest BCUT2D eigenvalue weighted by Crippen LogP contribution is -2.51. The molecule has 1 aromatic carbocycles. The van der Waals surface area contributed by atoms with Crippen molar-refractivity contribution >= 4 is 46.4 Å². The highest BCUT2D eigenvalue weighted by Crippen LogP contribution is 2.35. The Balaban J connectivity index is 1.67. The summed E-state index contributed by atoms with van der Waals surface area (Å²) in [5.74, 6) is -0.432. The Labute approximate surface area is 184 Å². The number of carbonyl (C=O) groups excluding carboxylic acids is 1. The van der Waals surface area contributed by atoms with Crippen LogP contribution in [0.1, 0.15) is 42.5 Å². The van der Waals surface area contributed by atoms with Gasteiger partial charge in [-0.3, -0.25) is 14.9 Å². The molecule has 0 aliphatic carbocycles. The van der Waals surface area contributed by atoms with E-state index >= 15 is 0 Å². The molecule has 10 heteroatoms. The molecule has 1 amide bonds. The average molecular weight is 465 g/mol. The van der Waals surface area contributed by atoms with Crippen molar-refractivity contribution in [2.75, 3.05) is 19.7 Å². The van der Waals surface area contributed by atoms with Gasteiger partial charge < -0.3 is 15.0 Å². The van der Waals surface area contributed by atoms with Crippen LogP contribution in [0.25, 0.3) is 0 Å². The smallest absolute Gasteiger partial charge is 0.282 e. The fourth-order valence-corrected chi connectivity index (χ4v) is 4.58. The molecular weight excluding hydrogens is 441 g/mol. The highest BCUT2D eigenvalue weighted by Gasteiger charge is 2.39. The summed E-state index contributed by atoms with van der Waals surface area (Å²) in [4.78, 5) is 25.7. The predicted octanol–water partition coefficient (Wildman–Crippen LogP) is 4.30. The predicted molar refractivity (Wildman–Crippen MR) is 113 cm³/mol. The molecule has 0 bridgehead atoms. The number of benzene rings is 1. The number of hydrogen-bond donors (Lipinski definition) is 1. The molecule has 7 nitrogen and oxygen atoms in total. The summed E-state index contributed by atoms with van der Waals surface area (Å²) >= 11 is 18.1. The van der Waals surface area contributed by atoms with Crippen LogP contribution >= 0.6 is 34.8 Å². The van der Waals surface area contributed by atoms with Crippen LogP contribution in [0.4, 0.5) is 5.69 Å². The molecule has 2 aliphatic heterocycles. The molecule has 2 unspecified atom stereocenters. The van der Waals surface area contributed by atoms with E-state index in [1.807, 2.05) is 0 Å². The van der Waals surface area contributed by atoms with Gasteiger partial charge in [0.1, 0.15) is 5.56 Å². The Morgan fingerprint density at radius 3 is 2.69 bits per heavy atom. The van der Waals surface area contributed by atoms with Gasteiger partial charge in [-0.15, -0.1) is 0 Å². The van der Waals surface area contributed by atoms with Crippen LogP contribution in [0, 0.1) is 16.0 Å². The number of piperidine rings is 2. The highest BCUT2D eigenvalue weighted by molar-refractivity contribution is 6.68. The lowest BCUT2D eigenvalue weighted by atomic mass is 9.84. The molecule has 0 aromatic heterocycles. The van der Waals surface area contributed by atoms with Crippen molar-refractivity contribution in [1.29, 1.82) is 0 Å². The second-order valence-electron chi connectivity index (χ2n) is 7.50. The summed E-state index contributed by atoms with van der Waals surface area (Å²) in [5.41, 5.74) is -0.435. The first-order valence-corrected chi connectivity index (χ1v) is 10.9. The number of hydrogen-bond acceptors (Lipinski definition) is 5. The van der Waals surface area contributed by atoms with E-state index in [1.165, 1.54) is 37.1 Å². The molecule has 2 fully saturated rings. The first-order valence-electron chi connectivity index (χ1n) is 9.74. The number of amides is 1. The van der Waals surface area contributed by atoms with Crippen molar-refractivity contribution in [3.63, 3.8) is 0 Å².